The minimum absolute atomic E-state index is 0.0434. The van der Waals surface area contributed by atoms with E-state index >= 15 is 0 Å². The molecule has 140 valence electrons. The van der Waals surface area contributed by atoms with E-state index in [0.717, 1.165) is 35.6 Å². The van der Waals surface area contributed by atoms with Gasteiger partial charge < -0.3 is 15.0 Å². The molecule has 1 unspecified atom stereocenters. The van der Waals surface area contributed by atoms with E-state index in [9.17, 15) is 9.59 Å². The normalized spacial score (nSPS) is 19.3. The number of carbonyl (C=O) groups excluding carboxylic acids is 2. The highest BCUT2D eigenvalue weighted by molar-refractivity contribution is 7.99. The highest BCUT2D eigenvalue weighted by Gasteiger charge is 2.25. The Morgan fingerprint density at radius 1 is 1.11 bits per heavy atom. The third-order valence-electron chi connectivity index (χ3n) is 4.78. The lowest BCUT2D eigenvalue weighted by atomic mass is 10.1. The molecule has 1 saturated heterocycles. The quantitative estimate of drug-likeness (QED) is 0.873. The summed E-state index contributed by atoms with van der Waals surface area (Å²) >= 11 is 1.79. The first kappa shape index (κ1) is 18.1. The Morgan fingerprint density at radius 2 is 2.00 bits per heavy atom. The van der Waals surface area contributed by atoms with Crippen molar-refractivity contribution >= 4 is 35.0 Å². The molecule has 0 spiro atoms. The number of amides is 2. The molecule has 0 saturated carbocycles. The summed E-state index contributed by atoms with van der Waals surface area (Å²) in [7, 11) is 0. The van der Waals surface area contributed by atoms with Gasteiger partial charge in [0.25, 0.3) is 11.8 Å². The predicted molar refractivity (Wildman–Crippen MR) is 108 cm³/mol. The zero-order valence-electron chi connectivity index (χ0n) is 15.0. The fourth-order valence-corrected chi connectivity index (χ4v) is 4.43. The van der Waals surface area contributed by atoms with Crippen LogP contribution in [0.1, 0.15) is 29.6 Å². The van der Waals surface area contributed by atoms with E-state index in [2.05, 4.69) is 11.4 Å². The van der Waals surface area contributed by atoms with Gasteiger partial charge in [-0.25, -0.2) is 0 Å². The Kier molecular flexibility index (Phi) is 5.45. The van der Waals surface area contributed by atoms with E-state index < -0.39 is 0 Å². The molecule has 1 atom stereocenters. The Balaban J connectivity index is 1.55. The number of anilines is 2. The number of para-hydroxylation sites is 1. The molecule has 1 fully saturated rings. The minimum Gasteiger partial charge on any atom is -0.368 e. The van der Waals surface area contributed by atoms with Gasteiger partial charge >= 0.3 is 0 Å². The molecule has 0 aromatic heterocycles. The number of benzene rings is 2. The number of nitrogens with zero attached hydrogens (tertiary/aromatic N) is 1. The summed E-state index contributed by atoms with van der Waals surface area (Å²) in [5.41, 5.74) is 2.15. The van der Waals surface area contributed by atoms with E-state index in [0.29, 0.717) is 24.4 Å². The number of hydrogen-bond acceptors (Lipinski definition) is 4. The second kappa shape index (κ2) is 8.15. The number of hydrogen-bond donors (Lipinski definition) is 1. The number of nitrogens with one attached hydrogen (secondary N) is 1. The van der Waals surface area contributed by atoms with Crippen LogP contribution in [0.5, 0.6) is 0 Å². The van der Waals surface area contributed by atoms with E-state index in [4.69, 9.17) is 4.74 Å². The summed E-state index contributed by atoms with van der Waals surface area (Å²) < 4.78 is 5.42. The van der Waals surface area contributed by atoms with E-state index in [-0.39, 0.29) is 17.9 Å². The van der Waals surface area contributed by atoms with Crippen molar-refractivity contribution < 1.29 is 14.3 Å². The lowest BCUT2D eigenvalue weighted by molar-refractivity contribution is -0.124. The van der Waals surface area contributed by atoms with Crippen molar-refractivity contribution in [1.29, 1.82) is 0 Å². The van der Waals surface area contributed by atoms with Crippen molar-refractivity contribution in [2.75, 3.05) is 29.1 Å². The van der Waals surface area contributed by atoms with Crippen LogP contribution in [0.4, 0.5) is 11.4 Å². The third-order valence-corrected chi connectivity index (χ3v) is 5.93. The topological polar surface area (TPSA) is 58.6 Å². The number of fused-ring (bicyclic) bond motifs is 1. The molecule has 2 aliphatic rings. The van der Waals surface area contributed by atoms with Crippen LogP contribution in [0.25, 0.3) is 0 Å². The largest absolute Gasteiger partial charge is 0.368 e. The second-order valence-electron chi connectivity index (χ2n) is 6.70. The van der Waals surface area contributed by atoms with Crippen LogP contribution in [-0.4, -0.2) is 36.8 Å². The summed E-state index contributed by atoms with van der Waals surface area (Å²) in [6.45, 7) is 1.32. The van der Waals surface area contributed by atoms with Gasteiger partial charge in [0, 0.05) is 29.3 Å². The average molecular weight is 382 g/mol. The van der Waals surface area contributed by atoms with Gasteiger partial charge in [-0.2, -0.15) is 0 Å². The first-order valence-corrected chi connectivity index (χ1v) is 10.3. The summed E-state index contributed by atoms with van der Waals surface area (Å²) in [5.74, 6) is 0.810. The summed E-state index contributed by atoms with van der Waals surface area (Å²) in [4.78, 5) is 28.4. The third kappa shape index (κ3) is 4.01. The van der Waals surface area contributed by atoms with Gasteiger partial charge in [-0.15, -0.1) is 11.8 Å². The van der Waals surface area contributed by atoms with Crippen LogP contribution in [0.15, 0.2) is 53.4 Å². The molecule has 1 N–H and O–H groups in total. The monoisotopic (exact) mass is 382 g/mol. The Morgan fingerprint density at radius 3 is 2.85 bits per heavy atom. The molecule has 2 aromatic carbocycles. The van der Waals surface area contributed by atoms with Gasteiger partial charge in [-0.3, -0.25) is 9.59 Å². The van der Waals surface area contributed by atoms with Gasteiger partial charge in [0.1, 0.15) is 6.10 Å². The second-order valence-corrected chi connectivity index (χ2v) is 7.83. The molecule has 27 heavy (non-hydrogen) atoms. The van der Waals surface area contributed by atoms with Crippen LogP contribution in [0, 0.1) is 0 Å². The molecule has 2 aromatic rings. The van der Waals surface area contributed by atoms with Crippen LogP contribution < -0.4 is 10.2 Å². The lowest BCUT2D eigenvalue weighted by Gasteiger charge is -2.23. The summed E-state index contributed by atoms with van der Waals surface area (Å²) in [5, 5.41) is 2.87. The Labute approximate surface area is 163 Å². The predicted octanol–water partition coefficient (Wildman–Crippen LogP) is 3.95. The van der Waals surface area contributed by atoms with E-state index in [1.807, 2.05) is 23.1 Å². The standard InChI is InChI=1S/C21H22N2O3S/c24-20(18-9-4-12-26-18)22-16-7-3-6-15(14-16)21(25)23-11-5-13-27-19-10-2-1-8-17(19)23/h1-3,6-8,10,14,18H,4-5,9,11-13H2,(H,22,24). The van der Waals surface area contributed by atoms with Gasteiger partial charge in [0.2, 0.25) is 0 Å². The zero-order chi connectivity index (χ0) is 18.6. The van der Waals surface area contributed by atoms with Crippen LogP contribution in [0.3, 0.4) is 0 Å². The molecule has 0 aliphatic carbocycles. The molecular weight excluding hydrogens is 360 g/mol. The number of thioether (sulfide) groups is 1. The zero-order valence-corrected chi connectivity index (χ0v) is 15.8. The highest BCUT2D eigenvalue weighted by Crippen LogP contribution is 2.34. The summed E-state index contributed by atoms with van der Waals surface area (Å²) in [6, 6.07) is 15.2. The molecule has 2 aliphatic heterocycles. The smallest absolute Gasteiger partial charge is 0.258 e. The van der Waals surface area contributed by atoms with Crippen molar-refractivity contribution in [1.82, 2.24) is 0 Å². The number of carbonyl (C=O) groups is 2. The maximum Gasteiger partial charge on any atom is 0.258 e. The highest BCUT2D eigenvalue weighted by atomic mass is 32.2. The molecule has 2 heterocycles. The minimum atomic E-state index is -0.390. The van der Waals surface area contributed by atoms with Crippen LogP contribution >= 0.6 is 11.8 Å². The first-order valence-electron chi connectivity index (χ1n) is 9.28. The Bertz CT molecular complexity index is 849. The lowest BCUT2D eigenvalue weighted by Crippen LogP contribution is -2.32. The van der Waals surface area contributed by atoms with Crippen LogP contribution in [-0.2, 0) is 9.53 Å². The van der Waals surface area contributed by atoms with Gasteiger partial charge in [-0.05, 0) is 55.3 Å². The maximum absolute atomic E-state index is 13.2. The molecule has 0 radical (unpaired) electrons. The van der Waals surface area contributed by atoms with Crippen molar-refractivity contribution in [2.45, 2.75) is 30.3 Å². The molecule has 2 amide bonds. The first-order chi connectivity index (χ1) is 13.2. The van der Waals surface area contributed by atoms with Gasteiger partial charge in [-0.1, -0.05) is 18.2 Å². The number of rotatable bonds is 3. The number of ether oxygens (including phenoxy) is 1. The van der Waals surface area contributed by atoms with Crippen molar-refractivity contribution in [2.24, 2.45) is 0 Å². The molecule has 6 heteroatoms. The maximum atomic E-state index is 13.2. The van der Waals surface area contributed by atoms with E-state index in [1.54, 1.807) is 36.0 Å². The Hall–Kier alpha value is -2.31. The molecule has 4 rings (SSSR count). The van der Waals surface area contributed by atoms with Crippen molar-refractivity contribution in [3.63, 3.8) is 0 Å². The SMILES string of the molecule is O=C(Nc1cccc(C(=O)N2CCCSc3ccccc32)c1)C1CCCO1. The van der Waals surface area contributed by atoms with Crippen molar-refractivity contribution in [3.8, 4) is 0 Å². The van der Waals surface area contributed by atoms with Gasteiger partial charge in [0.15, 0.2) is 0 Å². The fourth-order valence-electron chi connectivity index (χ4n) is 3.43. The molecular formula is C21H22N2O3S. The average Bonchev–Trinajstić information content (AvgIpc) is 3.15. The molecule has 5 nitrogen and oxygen atoms in total. The summed E-state index contributed by atoms with van der Waals surface area (Å²) in [6.07, 6.45) is 2.20. The van der Waals surface area contributed by atoms with Crippen molar-refractivity contribution in [3.05, 3.63) is 54.1 Å². The van der Waals surface area contributed by atoms with E-state index in [1.165, 1.54) is 0 Å². The van der Waals surface area contributed by atoms with Crippen LogP contribution in [0.2, 0.25) is 0 Å². The molecule has 0 bridgehead atoms. The van der Waals surface area contributed by atoms with Gasteiger partial charge in [0.05, 0.1) is 5.69 Å². The fraction of sp³-hybridized carbons (Fsp3) is 0.333.